The predicted molar refractivity (Wildman–Crippen MR) is 75.5 cm³/mol. The van der Waals surface area contributed by atoms with E-state index in [1.165, 1.54) is 31.6 Å². The van der Waals surface area contributed by atoms with Gasteiger partial charge in [-0.2, -0.15) is 0 Å². The Kier molecular flexibility index (Phi) is 4.17. The number of aromatic nitrogens is 2. The van der Waals surface area contributed by atoms with Crippen LogP contribution in [0.5, 0.6) is 17.4 Å². The Hall–Kier alpha value is -2.90. The van der Waals surface area contributed by atoms with E-state index in [0.717, 1.165) is 0 Å². The first-order valence-electron chi connectivity index (χ1n) is 6.16. The molecule has 0 bridgehead atoms. The minimum absolute atomic E-state index is 0.106. The third-order valence-electron chi connectivity index (χ3n) is 2.86. The first-order valence-corrected chi connectivity index (χ1v) is 6.16. The average Bonchev–Trinajstić information content (AvgIpc) is 2.47. The fraction of sp³-hybridized carbons (Fsp3) is 0.231. The quantitative estimate of drug-likeness (QED) is 0.663. The van der Waals surface area contributed by atoms with Gasteiger partial charge < -0.3 is 15.2 Å². The van der Waals surface area contributed by atoms with E-state index in [9.17, 15) is 10.1 Å². The zero-order chi connectivity index (χ0) is 15.4. The Labute approximate surface area is 120 Å². The molecule has 1 aromatic heterocycles. The van der Waals surface area contributed by atoms with Crippen molar-refractivity contribution in [2.75, 3.05) is 12.8 Å². The maximum atomic E-state index is 10.8. The third-order valence-corrected chi connectivity index (χ3v) is 2.86. The fourth-order valence-corrected chi connectivity index (χ4v) is 1.79. The minimum atomic E-state index is -0.513. The Balaban J connectivity index is 2.45. The summed E-state index contributed by atoms with van der Waals surface area (Å²) in [6.45, 7) is 1.88. The monoisotopic (exact) mass is 290 g/mol. The van der Waals surface area contributed by atoms with Crippen LogP contribution in [0.1, 0.15) is 12.5 Å². The number of hydrogen-bond donors (Lipinski definition) is 1. The molecule has 0 spiro atoms. The zero-order valence-electron chi connectivity index (χ0n) is 11.6. The molecule has 21 heavy (non-hydrogen) atoms. The number of hydrogen-bond acceptors (Lipinski definition) is 7. The number of nitro benzene ring substituents is 1. The van der Waals surface area contributed by atoms with Crippen LogP contribution in [0, 0.1) is 10.1 Å². The summed E-state index contributed by atoms with van der Waals surface area (Å²) in [5.74, 6) is 1.12. The van der Waals surface area contributed by atoms with Gasteiger partial charge in [-0.05, 0) is 12.5 Å². The Bertz CT molecular complexity index is 675. The smallest absolute Gasteiger partial charge is 0.273 e. The molecule has 0 saturated heterocycles. The molecule has 2 aromatic rings. The Morgan fingerprint density at radius 2 is 2.10 bits per heavy atom. The van der Waals surface area contributed by atoms with Crippen molar-refractivity contribution in [3.05, 3.63) is 40.2 Å². The lowest BCUT2D eigenvalue weighted by Crippen LogP contribution is -2.02. The van der Waals surface area contributed by atoms with Gasteiger partial charge in [0.05, 0.1) is 23.7 Å². The van der Waals surface area contributed by atoms with Gasteiger partial charge in [0, 0.05) is 6.07 Å². The van der Waals surface area contributed by atoms with Crippen LogP contribution in [0.3, 0.4) is 0 Å². The van der Waals surface area contributed by atoms with Gasteiger partial charge >= 0.3 is 0 Å². The number of nitrogens with two attached hydrogens (primary N) is 1. The summed E-state index contributed by atoms with van der Waals surface area (Å²) in [6, 6.07) is 4.07. The zero-order valence-corrected chi connectivity index (χ0v) is 11.6. The van der Waals surface area contributed by atoms with Crippen LogP contribution in [0.2, 0.25) is 0 Å². The van der Waals surface area contributed by atoms with Crippen molar-refractivity contribution in [1.82, 2.24) is 9.97 Å². The molecule has 0 aliphatic rings. The molecule has 2 N–H and O–H groups in total. The standard InChI is InChI=1S/C13H14N4O4/c1-3-9-12(14)15-7-16-13(9)21-11-6-8(17(18)19)4-5-10(11)20-2/h4-7H,3H2,1-2H3,(H2,14,15,16). The van der Waals surface area contributed by atoms with Crippen LogP contribution in [-0.4, -0.2) is 22.0 Å². The number of non-ortho nitro benzene ring substituents is 1. The Morgan fingerprint density at radius 1 is 1.33 bits per heavy atom. The number of rotatable bonds is 5. The van der Waals surface area contributed by atoms with Crippen molar-refractivity contribution < 1.29 is 14.4 Å². The van der Waals surface area contributed by atoms with Crippen LogP contribution < -0.4 is 15.2 Å². The predicted octanol–water partition coefficient (Wildman–Crippen LogP) is 2.33. The van der Waals surface area contributed by atoms with E-state index >= 15 is 0 Å². The van der Waals surface area contributed by atoms with Gasteiger partial charge in [-0.15, -0.1) is 0 Å². The highest BCUT2D eigenvalue weighted by Crippen LogP contribution is 2.35. The second-order valence-corrected chi connectivity index (χ2v) is 4.09. The molecule has 0 unspecified atom stereocenters. The second-order valence-electron chi connectivity index (χ2n) is 4.09. The van der Waals surface area contributed by atoms with Gasteiger partial charge in [0.1, 0.15) is 12.1 Å². The summed E-state index contributed by atoms with van der Waals surface area (Å²) in [5.41, 5.74) is 6.29. The van der Waals surface area contributed by atoms with Gasteiger partial charge in [0.15, 0.2) is 11.5 Å². The van der Waals surface area contributed by atoms with Crippen LogP contribution >= 0.6 is 0 Å². The third kappa shape index (κ3) is 2.99. The summed E-state index contributed by atoms with van der Waals surface area (Å²) in [5, 5.41) is 10.8. The summed E-state index contributed by atoms with van der Waals surface area (Å²) >= 11 is 0. The molecule has 8 nitrogen and oxygen atoms in total. The highest BCUT2D eigenvalue weighted by Gasteiger charge is 2.16. The average molecular weight is 290 g/mol. The van der Waals surface area contributed by atoms with Crippen molar-refractivity contribution in [1.29, 1.82) is 0 Å². The maximum absolute atomic E-state index is 10.8. The number of anilines is 1. The highest BCUT2D eigenvalue weighted by molar-refractivity contribution is 5.52. The molecule has 0 atom stereocenters. The molecule has 0 saturated carbocycles. The molecule has 1 aromatic carbocycles. The van der Waals surface area contributed by atoms with Crippen LogP contribution in [0.4, 0.5) is 11.5 Å². The van der Waals surface area contributed by atoms with Crippen molar-refractivity contribution in [2.24, 2.45) is 0 Å². The first-order chi connectivity index (χ1) is 10.1. The summed E-state index contributed by atoms with van der Waals surface area (Å²) < 4.78 is 10.8. The summed E-state index contributed by atoms with van der Waals surface area (Å²) in [4.78, 5) is 18.2. The molecule has 0 radical (unpaired) electrons. The highest BCUT2D eigenvalue weighted by atomic mass is 16.6. The summed E-state index contributed by atoms with van der Waals surface area (Å²) in [6.07, 6.45) is 1.84. The Morgan fingerprint density at radius 3 is 2.71 bits per heavy atom. The molecule has 8 heteroatoms. The van der Waals surface area contributed by atoms with Gasteiger partial charge in [-0.25, -0.2) is 9.97 Å². The molecule has 110 valence electrons. The molecule has 1 heterocycles. The van der Waals surface area contributed by atoms with Crippen molar-refractivity contribution in [3.63, 3.8) is 0 Å². The number of methoxy groups -OCH3 is 1. The second kappa shape index (κ2) is 6.04. The normalized spacial score (nSPS) is 10.2. The first kappa shape index (κ1) is 14.5. The number of nitro groups is 1. The molecule has 0 aliphatic carbocycles. The van der Waals surface area contributed by atoms with Crippen molar-refractivity contribution >= 4 is 11.5 Å². The van der Waals surface area contributed by atoms with Gasteiger partial charge in [-0.1, -0.05) is 6.92 Å². The summed E-state index contributed by atoms with van der Waals surface area (Å²) in [7, 11) is 1.45. The largest absolute Gasteiger partial charge is 0.493 e. The maximum Gasteiger partial charge on any atom is 0.273 e. The number of benzene rings is 1. The van der Waals surface area contributed by atoms with E-state index < -0.39 is 4.92 Å². The van der Waals surface area contributed by atoms with Gasteiger partial charge in [0.25, 0.3) is 5.69 Å². The van der Waals surface area contributed by atoms with Crippen molar-refractivity contribution in [2.45, 2.75) is 13.3 Å². The van der Waals surface area contributed by atoms with Gasteiger partial charge in [-0.3, -0.25) is 10.1 Å². The van der Waals surface area contributed by atoms with E-state index in [2.05, 4.69) is 9.97 Å². The molecular formula is C13H14N4O4. The topological polar surface area (TPSA) is 113 Å². The van der Waals surface area contributed by atoms with Gasteiger partial charge in [0.2, 0.25) is 5.88 Å². The van der Waals surface area contributed by atoms with E-state index in [4.69, 9.17) is 15.2 Å². The molecule has 2 rings (SSSR count). The lowest BCUT2D eigenvalue weighted by Gasteiger charge is -2.12. The molecular weight excluding hydrogens is 276 g/mol. The lowest BCUT2D eigenvalue weighted by atomic mass is 10.2. The number of ether oxygens (including phenoxy) is 2. The number of nitrogen functional groups attached to an aromatic ring is 1. The van der Waals surface area contributed by atoms with E-state index in [0.29, 0.717) is 23.6 Å². The van der Waals surface area contributed by atoms with E-state index in [1.54, 1.807) is 0 Å². The molecule has 0 aliphatic heterocycles. The van der Waals surface area contributed by atoms with Crippen LogP contribution in [-0.2, 0) is 6.42 Å². The van der Waals surface area contributed by atoms with E-state index in [-0.39, 0.29) is 17.3 Å². The van der Waals surface area contributed by atoms with Crippen molar-refractivity contribution in [3.8, 4) is 17.4 Å². The lowest BCUT2D eigenvalue weighted by molar-refractivity contribution is -0.384. The molecule has 0 fully saturated rings. The fourth-order valence-electron chi connectivity index (χ4n) is 1.79. The van der Waals surface area contributed by atoms with Crippen LogP contribution in [0.25, 0.3) is 0 Å². The van der Waals surface area contributed by atoms with Crippen LogP contribution in [0.15, 0.2) is 24.5 Å². The minimum Gasteiger partial charge on any atom is -0.493 e. The molecule has 0 amide bonds. The number of nitrogens with zero attached hydrogens (tertiary/aromatic N) is 3. The SMILES string of the molecule is CCc1c(N)ncnc1Oc1cc([N+](=O)[O-])ccc1OC. The van der Waals surface area contributed by atoms with E-state index in [1.807, 2.05) is 6.92 Å².